The number of carboxylic acids is 1. The summed E-state index contributed by atoms with van der Waals surface area (Å²) >= 11 is 0. The molecule has 94 valence electrons. The van der Waals surface area contributed by atoms with Gasteiger partial charge in [-0.3, -0.25) is 4.68 Å². The first kappa shape index (κ1) is 12.4. The Morgan fingerprint density at radius 1 is 1.33 bits per heavy atom. The standard InChI is InChI=1S/C14H16N2O2/c1-10-8-11(2)16(15-10)13(14(17)18)9-12-6-4-3-5-7-12/h3-8,13H,9H2,1-2H3,(H,17,18). The molecule has 0 aliphatic heterocycles. The number of carbonyl (C=O) groups is 1. The molecule has 0 aliphatic rings. The van der Waals surface area contributed by atoms with E-state index < -0.39 is 12.0 Å². The number of nitrogens with zero attached hydrogens (tertiary/aromatic N) is 2. The van der Waals surface area contributed by atoms with E-state index in [0.29, 0.717) is 6.42 Å². The van der Waals surface area contributed by atoms with Crippen LogP contribution >= 0.6 is 0 Å². The van der Waals surface area contributed by atoms with E-state index in [1.807, 2.05) is 50.2 Å². The Morgan fingerprint density at radius 2 is 2.00 bits per heavy atom. The molecule has 0 saturated heterocycles. The minimum atomic E-state index is -0.856. The van der Waals surface area contributed by atoms with E-state index in [4.69, 9.17) is 0 Å². The van der Waals surface area contributed by atoms with Crippen molar-refractivity contribution >= 4 is 5.97 Å². The highest BCUT2D eigenvalue weighted by atomic mass is 16.4. The zero-order chi connectivity index (χ0) is 13.1. The van der Waals surface area contributed by atoms with Crippen molar-refractivity contribution in [3.63, 3.8) is 0 Å². The average Bonchev–Trinajstić information content (AvgIpc) is 2.66. The third-order valence-electron chi connectivity index (χ3n) is 2.90. The van der Waals surface area contributed by atoms with Crippen LogP contribution in [-0.2, 0) is 11.2 Å². The Kier molecular flexibility index (Phi) is 3.46. The van der Waals surface area contributed by atoms with Gasteiger partial charge in [0, 0.05) is 12.1 Å². The summed E-state index contributed by atoms with van der Waals surface area (Å²) in [7, 11) is 0. The molecule has 0 fully saturated rings. The number of carboxylic acid groups (broad SMARTS) is 1. The zero-order valence-corrected chi connectivity index (χ0v) is 10.5. The van der Waals surface area contributed by atoms with E-state index in [1.54, 1.807) is 4.68 Å². The molecule has 4 heteroatoms. The van der Waals surface area contributed by atoms with Gasteiger partial charge in [0.05, 0.1) is 5.69 Å². The number of benzene rings is 1. The smallest absolute Gasteiger partial charge is 0.328 e. The first-order valence-corrected chi connectivity index (χ1v) is 5.87. The van der Waals surface area contributed by atoms with Crippen molar-refractivity contribution in [3.8, 4) is 0 Å². The van der Waals surface area contributed by atoms with Crippen molar-refractivity contribution in [2.24, 2.45) is 0 Å². The maximum Gasteiger partial charge on any atom is 0.328 e. The molecule has 4 nitrogen and oxygen atoms in total. The van der Waals surface area contributed by atoms with Gasteiger partial charge in [-0.1, -0.05) is 30.3 Å². The number of aromatic nitrogens is 2. The Labute approximate surface area is 106 Å². The highest BCUT2D eigenvalue weighted by molar-refractivity contribution is 5.72. The van der Waals surface area contributed by atoms with Gasteiger partial charge in [-0.05, 0) is 25.5 Å². The van der Waals surface area contributed by atoms with Gasteiger partial charge in [0.25, 0.3) is 0 Å². The van der Waals surface area contributed by atoms with Crippen LogP contribution in [-0.4, -0.2) is 20.9 Å². The molecule has 0 bridgehead atoms. The van der Waals surface area contributed by atoms with Gasteiger partial charge in [0.1, 0.15) is 0 Å². The summed E-state index contributed by atoms with van der Waals surface area (Å²) in [5, 5.41) is 13.6. The number of hydrogen-bond acceptors (Lipinski definition) is 2. The number of rotatable bonds is 4. The molecule has 2 rings (SSSR count). The first-order valence-electron chi connectivity index (χ1n) is 5.87. The van der Waals surface area contributed by atoms with Crippen LogP contribution in [0.4, 0.5) is 0 Å². The molecule has 1 N–H and O–H groups in total. The molecule has 1 heterocycles. The normalized spacial score (nSPS) is 12.3. The van der Waals surface area contributed by atoms with Crippen molar-refractivity contribution in [3.05, 3.63) is 53.3 Å². The molecule has 0 amide bonds. The fraction of sp³-hybridized carbons (Fsp3) is 0.286. The molecule has 1 aromatic carbocycles. The van der Waals surface area contributed by atoms with E-state index in [2.05, 4.69) is 5.10 Å². The third kappa shape index (κ3) is 2.59. The van der Waals surface area contributed by atoms with Crippen LogP contribution in [0, 0.1) is 13.8 Å². The second kappa shape index (κ2) is 5.04. The van der Waals surface area contributed by atoms with Crippen LogP contribution in [0.15, 0.2) is 36.4 Å². The summed E-state index contributed by atoms with van der Waals surface area (Å²) in [5.74, 6) is -0.856. The molecule has 0 radical (unpaired) electrons. The molecular formula is C14H16N2O2. The lowest BCUT2D eigenvalue weighted by molar-refractivity contribution is -0.141. The van der Waals surface area contributed by atoms with Crippen molar-refractivity contribution < 1.29 is 9.90 Å². The van der Waals surface area contributed by atoms with Gasteiger partial charge in [-0.2, -0.15) is 5.10 Å². The van der Waals surface area contributed by atoms with Gasteiger partial charge >= 0.3 is 5.97 Å². The average molecular weight is 244 g/mol. The number of aryl methyl sites for hydroxylation is 2. The fourth-order valence-corrected chi connectivity index (χ4v) is 2.08. The Bertz CT molecular complexity index is 546. The second-order valence-corrected chi connectivity index (χ2v) is 4.42. The lowest BCUT2D eigenvalue weighted by atomic mass is 10.1. The van der Waals surface area contributed by atoms with Crippen molar-refractivity contribution in [2.75, 3.05) is 0 Å². The molecule has 1 unspecified atom stereocenters. The minimum absolute atomic E-state index is 0.443. The monoisotopic (exact) mass is 244 g/mol. The maximum absolute atomic E-state index is 11.4. The van der Waals surface area contributed by atoms with Crippen LogP contribution in [0.5, 0.6) is 0 Å². The summed E-state index contributed by atoms with van der Waals surface area (Å²) in [6.45, 7) is 3.74. The summed E-state index contributed by atoms with van der Waals surface area (Å²) in [5.41, 5.74) is 2.71. The summed E-state index contributed by atoms with van der Waals surface area (Å²) in [6, 6.07) is 10.8. The van der Waals surface area contributed by atoms with Crippen LogP contribution in [0.2, 0.25) is 0 Å². The number of aliphatic carboxylic acids is 1. The Hall–Kier alpha value is -2.10. The Balaban J connectivity index is 2.30. The van der Waals surface area contributed by atoms with E-state index in [9.17, 15) is 9.90 Å². The lowest BCUT2D eigenvalue weighted by Crippen LogP contribution is -2.23. The fourth-order valence-electron chi connectivity index (χ4n) is 2.08. The van der Waals surface area contributed by atoms with Crippen molar-refractivity contribution in [2.45, 2.75) is 26.3 Å². The molecule has 0 saturated carbocycles. The van der Waals surface area contributed by atoms with E-state index in [0.717, 1.165) is 17.0 Å². The summed E-state index contributed by atoms with van der Waals surface area (Å²) in [6.07, 6.45) is 0.443. The molecule has 18 heavy (non-hydrogen) atoms. The second-order valence-electron chi connectivity index (χ2n) is 4.42. The van der Waals surface area contributed by atoms with Gasteiger partial charge < -0.3 is 5.11 Å². The van der Waals surface area contributed by atoms with Gasteiger partial charge in [-0.25, -0.2) is 4.79 Å². The predicted molar refractivity (Wildman–Crippen MR) is 68.5 cm³/mol. The molecular weight excluding hydrogens is 228 g/mol. The van der Waals surface area contributed by atoms with Crippen LogP contribution in [0.1, 0.15) is 23.0 Å². The predicted octanol–water partition coefficient (Wildman–Crippen LogP) is 2.37. The van der Waals surface area contributed by atoms with Gasteiger partial charge in [-0.15, -0.1) is 0 Å². The quantitative estimate of drug-likeness (QED) is 0.898. The largest absolute Gasteiger partial charge is 0.480 e. The SMILES string of the molecule is Cc1cc(C)n(C(Cc2ccccc2)C(=O)O)n1. The lowest BCUT2D eigenvalue weighted by Gasteiger charge is -2.15. The van der Waals surface area contributed by atoms with Crippen LogP contribution in [0.25, 0.3) is 0 Å². The molecule has 1 aromatic heterocycles. The summed E-state index contributed by atoms with van der Waals surface area (Å²) < 4.78 is 1.59. The van der Waals surface area contributed by atoms with Crippen molar-refractivity contribution in [1.82, 2.24) is 9.78 Å². The first-order chi connectivity index (χ1) is 8.58. The maximum atomic E-state index is 11.4. The Morgan fingerprint density at radius 3 is 2.50 bits per heavy atom. The van der Waals surface area contributed by atoms with E-state index >= 15 is 0 Å². The van der Waals surface area contributed by atoms with Gasteiger partial charge in [0.15, 0.2) is 6.04 Å². The topological polar surface area (TPSA) is 55.1 Å². The van der Waals surface area contributed by atoms with Crippen LogP contribution in [0.3, 0.4) is 0 Å². The van der Waals surface area contributed by atoms with E-state index in [1.165, 1.54) is 0 Å². The zero-order valence-electron chi connectivity index (χ0n) is 10.5. The third-order valence-corrected chi connectivity index (χ3v) is 2.90. The molecule has 0 spiro atoms. The van der Waals surface area contributed by atoms with Crippen molar-refractivity contribution in [1.29, 1.82) is 0 Å². The molecule has 0 aliphatic carbocycles. The summed E-state index contributed by atoms with van der Waals surface area (Å²) in [4.78, 5) is 11.4. The minimum Gasteiger partial charge on any atom is -0.480 e. The highest BCUT2D eigenvalue weighted by Crippen LogP contribution is 2.17. The molecule has 1 atom stereocenters. The number of hydrogen-bond donors (Lipinski definition) is 1. The van der Waals surface area contributed by atoms with E-state index in [-0.39, 0.29) is 0 Å². The highest BCUT2D eigenvalue weighted by Gasteiger charge is 2.22. The van der Waals surface area contributed by atoms with Gasteiger partial charge in [0.2, 0.25) is 0 Å². The molecule has 2 aromatic rings. The van der Waals surface area contributed by atoms with Crippen LogP contribution < -0.4 is 0 Å².